The first-order valence-corrected chi connectivity index (χ1v) is 8.36. The van der Waals surface area contributed by atoms with Crippen molar-refractivity contribution in [1.29, 1.82) is 0 Å². The molecule has 0 heterocycles. The number of aliphatic hydroxyl groups is 1. The van der Waals surface area contributed by atoms with Gasteiger partial charge in [-0.2, -0.15) is 8.42 Å². The van der Waals surface area contributed by atoms with Crippen LogP contribution in [-0.2, 0) is 18.9 Å². The lowest BCUT2D eigenvalue weighted by Crippen LogP contribution is -2.29. The monoisotopic (exact) mass is 310 g/mol. The normalized spacial score (nSPS) is 16.1. The number of aliphatic hydroxyl groups excluding tert-OH is 1. The highest BCUT2D eigenvalue weighted by Gasteiger charge is 2.38. The molecule has 0 aliphatic carbocycles. The Morgan fingerprint density at radius 3 is 2.05 bits per heavy atom. The molecule has 0 bridgehead atoms. The van der Waals surface area contributed by atoms with Crippen LogP contribution in [-0.4, -0.2) is 35.3 Å². The Kier molecular flexibility index (Phi) is 4.89. The second-order valence-corrected chi connectivity index (χ2v) is 7.34. The van der Waals surface area contributed by atoms with Crippen molar-refractivity contribution >= 4 is 17.7 Å². The van der Waals surface area contributed by atoms with Crippen LogP contribution in [0.1, 0.15) is 12.5 Å². The minimum Gasteiger partial charge on any atom is -0.390 e. The summed E-state index contributed by atoms with van der Waals surface area (Å²) in [6, 6.07) is 5.54. The number of hydrogen-bond donors (Lipinski definition) is 3. The molecule has 0 aliphatic heterocycles. The van der Waals surface area contributed by atoms with Crippen molar-refractivity contribution in [1.82, 2.24) is 0 Å². The molecule has 19 heavy (non-hydrogen) atoms. The van der Waals surface area contributed by atoms with Crippen LogP contribution >= 0.6 is 7.60 Å². The van der Waals surface area contributed by atoms with Crippen LogP contribution in [0.3, 0.4) is 0 Å². The van der Waals surface area contributed by atoms with Crippen LogP contribution in [0.4, 0.5) is 0 Å². The van der Waals surface area contributed by atoms with E-state index < -0.39 is 29.7 Å². The third-order valence-electron chi connectivity index (χ3n) is 2.28. The third kappa shape index (κ3) is 4.38. The minimum absolute atomic E-state index is 0.239. The summed E-state index contributed by atoms with van der Waals surface area (Å²) in [7, 11) is -9.27. The Labute approximate surface area is 111 Å². The van der Waals surface area contributed by atoms with Gasteiger partial charge in [0.1, 0.15) is 0 Å². The van der Waals surface area contributed by atoms with E-state index >= 15 is 0 Å². The molecule has 1 rings (SSSR count). The molecule has 7 nitrogen and oxygen atoms in total. The molecule has 0 aliphatic rings. The van der Waals surface area contributed by atoms with Gasteiger partial charge in [0.05, 0.1) is 11.0 Å². The number of rotatable bonds is 5. The average molecular weight is 310 g/mol. The highest BCUT2D eigenvalue weighted by molar-refractivity contribution is 7.87. The van der Waals surface area contributed by atoms with E-state index in [1.54, 1.807) is 6.92 Å². The predicted octanol–water partition coefficient (Wildman–Crippen LogP) is 0.585. The van der Waals surface area contributed by atoms with Crippen molar-refractivity contribution in [2.45, 2.75) is 30.7 Å². The fourth-order valence-electron chi connectivity index (χ4n) is 1.31. The van der Waals surface area contributed by atoms with Gasteiger partial charge < -0.3 is 14.9 Å². The molecule has 0 saturated carbocycles. The van der Waals surface area contributed by atoms with E-state index in [1.165, 1.54) is 24.3 Å². The maximum atomic E-state index is 11.8. The average Bonchev–Trinajstić information content (AvgIpc) is 2.24. The summed E-state index contributed by atoms with van der Waals surface area (Å²) in [5.41, 5.74) is 0.820. The summed E-state index contributed by atoms with van der Waals surface area (Å²) in [6.45, 7) is 2.79. The molecular formula is C10H15O7PS. The van der Waals surface area contributed by atoms with Crippen molar-refractivity contribution in [3.8, 4) is 0 Å². The van der Waals surface area contributed by atoms with Gasteiger partial charge in [-0.05, 0) is 26.0 Å². The topological polar surface area (TPSA) is 121 Å². The van der Waals surface area contributed by atoms with E-state index in [2.05, 4.69) is 4.18 Å². The Hall–Kier alpha value is -0.760. The molecule has 1 aromatic rings. The number of hydrogen-bond acceptors (Lipinski definition) is 5. The van der Waals surface area contributed by atoms with E-state index in [0.29, 0.717) is 0 Å². The number of benzene rings is 1. The fraction of sp³-hybridized carbons (Fsp3) is 0.400. The minimum atomic E-state index is -4.91. The maximum absolute atomic E-state index is 11.8. The van der Waals surface area contributed by atoms with E-state index in [4.69, 9.17) is 9.79 Å². The fourth-order valence-corrected chi connectivity index (χ4v) is 3.66. The van der Waals surface area contributed by atoms with Gasteiger partial charge in [-0.1, -0.05) is 17.7 Å². The second kappa shape index (κ2) is 5.70. The molecule has 1 aromatic carbocycles. The van der Waals surface area contributed by atoms with Gasteiger partial charge >= 0.3 is 7.60 Å². The summed E-state index contributed by atoms with van der Waals surface area (Å²) in [5, 5.41) is 9.22. The van der Waals surface area contributed by atoms with Crippen molar-refractivity contribution < 1.29 is 32.1 Å². The van der Waals surface area contributed by atoms with Gasteiger partial charge in [0.2, 0.25) is 5.85 Å². The Morgan fingerprint density at radius 2 is 1.68 bits per heavy atom. The van der Waals surface area contributed by atoms with Crippen LogP contribution in [0.25, 0.3) is 0 Å². The van der Waals surface area contributed by atoms with Crippen molar-refractivity contribution in [3.63, 3.8) is 0 Å². The summed E-state index contributed by atoms with van der Waals surface area (Å²) < 4.78 is 39.2. The molecule has 0 spiro atoms. The van der Waals surface area contributed by atoms with Gasteiger partial charge in [-0.25, -0.2) is 4.18 Å². The molecular weight excluding hydrogens is 295 g/mol. The first kappa shape index (κ1) is 16.3. The summed E-state index contributed by atoms with van der Waals surface area (Å²) in [6.07, 6.45) is -1.64. The molecule has 2 atom stereocenters. The van der Waals surface area contributed by atoms with Crippen LogP contribution < -0.4 is 0 Å². The quantitative estimate of drug-likeness (QED) is 0.537. The molecule has 0 saturated heterocycles. The molecule has 0 aromatic heterocycles. The van der Waals surface area contributed by atoms with E-state index in [0.717, 1.165) is 12.5 Å². The van der Waals surface area contributed by atoms with Crippen LogP contribution in [0.15, 0.2) is 29.2 Å². The number of aryl methyl sites for hydroxylation is 1. The maximum Gasteiger partial charge on any atom is 0.358 e. The van der Waals surface area contributed by atoms with E-state index in [1.807, 2.05) is 0 Å². The van der Waals surface area contributed by atoms with Gasteiger partial charge in [0.25, 0.3) is 10.1 Å². The van der Waals surface area contributed by atoms with E-state index in [-0.39, 0.29) is 4.90 Å². The summed E-state index contributed by atoms with van der Waals surface area (Å²) >= 11 is 0. The third-order valence-corrected chi connectivity index (χ3v) is 4.93. The Balaban J connectivity index is 3.08. The molecule has 0 amide bonds. The zero-order valence-corrected chi connectivity index (χ0v) is 12.0. The summed E-state index contributed by atoms with van der Waals surface area (Å²) in [5.74, 6) is -2.13. The Morgan fingerprint density at radius 1 is 1.21 bits per heavy atom. The van der Waals surface area contributed by atoms with Crippen molar-refractivity contribution in [2.24, 2.45) is 0 Å². The summed E-state index contributed by atoms with van der Waals surface area (Å²) in [4.78, 5) is 17.7. The molecule has 9 heteroatoms. The van der Waals surface area contributed by atoms with Gasteiger partial charge in [0, 0.05) is 0 Å². The Bertz CT molecular complexity index is 572. The molecule has 0 fully saturated rings. The van der Waals surface area contributed by atoms with Gasteiger partial charge in [-0.15, -0.1) is 0 Å². The largest absolute Gasteiger partial charge is 0.390 e. The van der Waals surface area contributed by atoms with Gasteiger partial charge in [-0.3, -0.25) is 4.57 Å². The molecule has 3 N–H and O–H groups in total. The zero-order chi connectivity index (χ0) is 14.8. The van der Waals surface area contributed by atoms with Crippen LogP contribution in [0, 0.1) is 6.92 Å². The standard InChI is InChI=1S/C10H15O7PS/c1-7-3-5-9(6-4-7)19(15,16)17-10(8(2)11)18(12,13)14/h3-6,8,10-11H,1-2H3,(H2,12,13,14)/t8-,10-/m0/s1. The van der Waals surface area contributed by atoms with Crippen molar-refractivity contribution in [2.75, 3.05) is 0 Å². The highest BCUT2D eigenvalue weighted by Crippen LogP contribution is 2.44. The molecule has 108 valence electrons. The lowest BCUT2D eigenvalue weighted by atomic mass is 10.2. The predicted molar refractivity (Wildman–Crippen MR) is 67.0 cm³/mol. The smallest absolute Gasteiger partial charge is 0.358 e. The van der Waals surface area contributed by atoms with Crippen LogP contribution in [0.2, 0.25) is 0 Å². The van der Waals surface area contributed by atoms with Gasteiger partial charge in [0.15, 0.2) is 0 Å². The second-order valence-electron chi connectivity index (χ2n) is 4.08. The van der Waals surface area contributed by atoms with Crippen LogP contribution in [0.5, 0.6) is 0 Å². The lowest BCUT2D eigenvalue weighted by molar-refractivity contribution is 0.0824. The highest BCUT2D eigenvalue weighted by atomic mass is 32.2. The molecule has 0 unspecified atom stereocenters. The van der Waals surface area contributed by atoms with E-state index in [9.17, 15) is 18.1 Å². The lowest BCUT2D eigenvalue weighted by Gasteiger charge is -2.20. The van der Waals surface area contributed by atoms with Crippen molar-refractivity contribution in [3.05, 3.63) is 29.8 Å². The first-order valence-electron chi connectivity index (χ1n) is 5.27. The SMILES string of the molecule is Cc1ccc(S(=O)(=O)O[C@H]([C@H](C)O)P(=O)(O)O)cc1. The first-order chi connectivity index (χ1) is 8.54. The zero-order valence-electron chi connectivity index (χ0n) is 10.3. The molecule has 0 radical (unpaired) electrons.